The van der Waals surface area contributed by atoms with Gasteiger partial charge in [-0.05, 0) is 23.8 Å². The van der Waals surface area contributed by atoms with Crippen molar-refractivity contribution in [3.05, 3.63) is 100 Å². The molecule has 2 heterocycles. The quantitative estimate of drug-likeness (QED) is 0.745. The molecule has 0 saturated heterocycles. The number of benzene rings is 2. The van der Waals surface area contributed by atoms with Crippen LogP contribution in [0, 0.1) is 0 Å². The molecule has 2 aliphatic heterocycles. The molecule has 2 aromatic carbocycles. The van der Waals surface area contributed by atoms with Crippen molar-refractivity contribution in [2.24, 2.45) is 4.99 Å². The van der Waals surface area contributed by atoms with Crippen molar-refractivity contribution < 1.29 is 4.79 Å². The van der Waals surface area contributed by atoms with Crippen molar-refractivity contribution in [3.8, 4) is 0 Å². The number of carbonyl (C=O) groups excluding carboxylic acids is 1. The highest BCUT2D eigenvalue weighted by Crippen LogP contribution is 2.47. The fraction of sp³-hybridized carbons (Fsp3) is 0.0476. The summed E-state index contributed by atoms with van der Waals surface area (Å²) in [5.74, 6) is 0.844. The molecule has 1 aliphatic carbocycles. The minimum atomic E-state index is -0.397. The summed E-state index contributed by atoms with van der Waals surface area (Å²) < 4.78 is 0. The molecule has 0 saturated carbocycles. The minimum Gasteiger partial charge on any atom is -0.301 e. The van der Waals surface area contributed by atoms with Crippen molar-refractivity contribution in [1.29, 1.82) is 0 Å². The lowest BCUT2D eigenvalue weighted by Crippen LogP contribution is -2.30. The van der Waals surface area contributed by atoms with Gasteiger partial charge in [0.05, 0.1) is 11.3 Å². The second-order valence-corrected chi connectivity index (χ2v) is 6.53. The number of allylic oxidation sites excluding steroid dienone is 2. The molecule has 120 valence electrons. The number of hydrogen-bond donors (Lipinski definition) is 0. The van der Waals surface area contributed by atoms with Gasteiger partial charge in [-0.25, -0.2) is 0 Å². The zero-order chi connectivity index (χ0) is 17.0. The lowest BCUT2D eigenvalue weighted by atomic mass is 9.94. The smallest absolute Gasteiger partial charge is 0.194 e. The normalized spacial score (nSPS) is 20.4. The van der Waals surface area contributed by atoms with Crippen molar-refractivity contribution in [2.75, 3.05) is 0 Å². The van der Waals surface area contributed by atoms with Gasteiger partial charge >= 0.3 is 0 Å². The predicted octanol–water partition coefficient (Wildman–Crippen LogP) is 4.79. The Morgan fingerprint density at radius 3 is 2.56 bits per heavy atom. The first kappa shape index (κ1) is 14.4. The lowest BCUT2D eigenvalue weighted by Gasteiger charge is -2.32. The number of rotatable bonds is 1. The average Bonchev–Trinajstić information content (AvgIpc) is 2.96. The van der Waals surface area contributed by atoms with E-state index in [4.69, 9.17) is 16.6 Å². The van der Waals surface area contributed by atoms with Crippen LogP contribution >= 0.6 is 11.6 Å². The number of hydrogen-bond acceptors (Lipinski definition) is 3. The Morgan fingerprint density at radius 1 is 0.960 bits per heavy atom. The van der Waals surface area contributed by atoms with Gasteiger partial charge in [0.25, 0.3) is 0 Å². The van der Waals surface area contributed by atoms with Crippen molar-refractivity contribution >= 4 is 28.9 Å². The first-order chi connectivity index (χ1) is 12.3. The van der Waals surface area contributed by atoms with Gasteiger partial charge in [0.1, 0.15) is 11.9 Å². The van der Waals surface area contributed by atoms with Crippen molar-refractivity contribution in [3.63, 3.8) is 0 Å². The van der Waals surface area contributed by atoms with E-state index < -0.39 is 6.04 Å². The molecule has 1 unspecified atom stereocenters. The number of aliphatic imine (C=N–C) groups is 1. The maximum absolute atomic E-state index is 13.2. The summed E-state index contributed by atoms with van der Waals surface area (Å²) in [6.07, 6.45) is 7.81. The first-order valence-corrected chi connectivity index (χ1v) is 8.48. The molecular weight excluding hydrogens is 332 g/mol. The van der Waals surface area contributed by atoms with Crippen LogP contribution in [-0.2, 0) is 0 Å². The molecule has 3 aliphatic rings. The Morgan fingerprint density at radius 2 is 1.72 bits per heavy atom. The standard InChI is InChI=1S/C21H13ClN2O/c22-16-10-4-3-9-15(16)19-18-20(24-12-6-5-11-17(24)23-19)13-7-1-2-8-14(13)21(18)25/h1-12,19H. The largest absolute Gasteiger partial charge is 0.301 e. The molecule has 2 aromatic rings. The number of halogens is 1. The van der Waals surface area contributed by atoms with Gasteiger partial charge in [-0.3, -0.25) is 9.79 Å². The highest BCUT2D eigenvalue weighted by molar-refractivity contribution is 6.32. The van der Waals surface area contributed by atoms with E-state index in [1.54, 1.807) is 0 Å². The van der Waals surface area contributed by atoms with E-state index >= 15 is 0 Å². The van der Waals surface area contributed by atoms with E-state index in [2.05, 4.69) is 0 Å². The number of nitrogens with zero attached hydrogens (tertiary/aromatic N) is 2. The topological polar surface area (TPSA) is 32.7 Å². The highest BCUT2D eigenvalue weighted by Gasteiger charge is 2.41. The van der Waals surface area contributed by atoms with Gasteiger partial charge in [-0.1, -0.05) is 60.1 Å². The molecule has 1 atom stereocenters. The van der Waals surface area contributed by atoms with Crippen molar-refractivity contribution in [2.45, 2.75) is 6.04 Å². The third kappa shape index (κ3) is 1.99. The van der Waals surface area contributed by atoms with E-state index in [1.165, 1.54) is 0 Å². The molecule has 25 heavy (non-hydrogen) atoms. The van der Waals surface area contributed by atoms with E-state index in [0.29, 0.717) is 10.6 Å². The summed E-state index contributed by atoms with van der Waals surface area (Å²) >= 11 is 6.43. The van der Waals surface area contributed by atoms with Crippen LogP contribution in [0.4, 0.5) is 0 Å². The Labute approximate surface area is 150 Å². The van der Waals surface area contributed by atoms with Crippen LogP contribution in [0.25, 0.3) is 5.70 Å². The number of carbonyl (C=O) groups is 1. The number of fused-ring (bicyclic) bond motifs is 4. The van der Waals surface area contributed by atoms with Crippen molar-refractivity contribution in [1.82, 2.24) is 4.90 Å². The van der Waals surface area contributed by atoms with Crippen LogP contribution in [0.1, 0.15) is 27.5 Å². The molecule has 3 nitrogen and oxygen atoms in total. The summed E-state index contributed by atoms with van der Waals surface area (Å²) in [6.45, 7) is 0. The van der Waals surface area contributed by atoms with Crippen LogP contribution in [-0.4, -0.2) is 16.5 Å². The SMILES string of the molecule is O=C1C2=C(c3ccccc31)N1C=CC=CC1=NC2c1ccccc1Cl. The molecule has 0 amide bonds. The van der Waals surface area contributed by atoms with Crippen LogP contribution < -0.4 is 0 Å². The summed E-state index contributed by atoms with van der Waals surface area (Å²) in [5.41, 5.74) is 4.14. The molecule has 4 heteroatoms. The molecule has 0 aromatic heterocycles. The molecular formula is C21H13ClN2O. The third-order valence-corrected chi connectivity index (χ3v) is 5.08. The third-order valence-electron chi connectivity index (χ3n) is 4.74. The summed E-state index contributed by atoms with van der Waals surface area (Å²) in [5, 5.41) is 0.622. The highest BCUT2D eigenvalue weighted by atomic mass is 35.5. The van der Waals surface area contributed by atoms with E-state index in [0.717, 1.165) is 28.2 Å². The van der Waals surface area contributed by atoms with Gasteiger partial charge in [-0.15, -0.1) is 0 Å². The first-order valence-electron chi connectivity index (χ1n) is 8.10. The molecule has 5 rings (SSSR count). The molecule has 0 fully saturated rings. The minimum absolute atomic E-state index is 0.0290. The molecule has 0 bridgehead atoms. The number of amidine groups is 1. The average molecular weight is 345 g/mol. The zero-order valence-corrected chi connectivity index (χ0v) is 13.9. The monoisotopic (exact) mass is 344 g/mol. The maximum atomic E-state index is 13.2. The Kier molecular flexibility index (Phi) is 3.06. The fourth-order valence-corrected chi connectivity index (χ4v) is 3.88. The second-order valence-electron chi connectivity index (χ2n) is 6.12. The van der Waals surface area contributed by atoms with Crippen LogP contribution in [0.2, 0.25) is 5.02 Å². The number of Topliss-reactive ketones (excluding diaryl/α,β-unsaturated/α-hetero) is 1. The van der Waals surface area contributed by atoms with E-state index in [1.807, 2.05) is 77.9 Å². The summed E-state index contributed by atoms with van der Waals surface area (Å²) in [4.78, 5) is 20.0. The van der Waals surface area contributed by atoms with Gasteiger partial charge < -0.3 is 4.90 Å². The maximum Gasteiger partial charge on any atom is 0.194 e. The molecule has 0 spiro atoms. The van der Waals surface area contributed by atoms with Gasteiger partial charge in [0, 0.05) is 22.3 Å². The van der Waals surface area contributed by atoms with Gasteiger partial charge in [0.2, 0.25) is 0 Å². The van der Waals surface area contributed by atoms with Gasteiger partial charge in [-0.2, -0.15) is 0 Å². The van der Waals surface area contributed by atoms with Crippen LogP contribution in [0.15, 0.2) is 83.5 Å². The van der Waals surface area contributed by atoms with E-state index in [-0.39, 0.29) is 5.78 Å². The summed E-state index contributed by atoms with van der Waals surface area (Å²) in [7, 11) is 0. The van der Waals surface area contributed by atoms with E-state index in [9.17, 15) is 4.79 Å². The van der Waals surface area contributed by atoms with Crippen LogP contribution in [0.5, 0.6) is 0 Å². The Bertz CT molecular complexity index is 1050. The number of ketones is 1. The van der Waals surface area contributed by atoms with Gasteiger partial charge in [0.15, 0.2) is 5.78 Å². The molecule has 0 radical (unpaired) electrons. The molecule has 0 N–H and O–H groups in total. The predicted molar refractivity (Wildman–Crippen MR) is 99.4 cm³/mol. The Hall–Kier alpha value is -2.91. The van der Waals surface area contributed by atoms with Crippen LogP contribution in [0.3, 0.4) is 0 Å². The zero-order valence-electron chi connectivity index (χ0n) is 13.2. The second kappa shape index (κ2) is 5.30. The lowest BCUT2D eigenvalue weighted by molar-refractivity contribution is 0.103. The Balaban J connectivity index is 1.79. The fourth-order valence-electron chi connectivity index (χ4n) is 3.65. The summed E-state index contributed by atoms with van der Waals surface area (Å²) in [6, 6.07) is 14.9.